The summed E-state index contributed by atoms with van der Waals surface area (Å²) in [6.07, 6.45) is 2.98. The molecule has 1 fully saturated rings. The number of esters is 1. The summed E-state index contributed by atoms with van der Waals surface area (Å²) in [4.78, 5) is 31.3. The topological polar surface area (TPSA) is 68.2 Å². The summed E-state index contributed by atoms with van der Waals surface area (Å²) < 4.78 is 4.78. The molecule has 24 heavy (non-hydrogen) atoms. The Hall–Kier alpha value is -2.37. The largest absolute Gasteiger partial charge is 0.467 e. The van der Waals surface area contributed by atoms with Crippen molar-refractivity contribution >= 4 is 17.6 Å². The first-order chi connectivity index (χ1) is 11.7. The van der Waals surface area contributed by atoms with Crippen molar-refractivity contribution in [1.29, 1.82) is 0 Å². The first-order valence-electron chi connectivity index (χ1n) is 8.33. The first kappa shape index (κ1) is 16.5. The molecule has 1 aromatic carbocycles. The van der Waals surface area contributed by atoms with Crippen LogP contribution >= 0.6 is 0 Å². The van der Waals surface area contributed by atoms with Crippen molar-refractivity contribution < 1.29 is 19.2 Å². The zero-order chi connectivity index (χ0) is 16.9. The molecule has 3 rings (SSSR count). The second-order valence-corrected chi connectivity index (χ2v) is 6.15. The van der Waals surface area contributed by atoms with Gasteiger partial charge in [0.05, 0.1) is 12.8 Å². The summed E-state index contributed by atoms with van der Waals surface area (Å²) in [5, 5.41) is 4.07. The standard InChI is InChI=1S/C18H22N2O4/c1-23-18(22)15-8-5-11-20(15)17(21)16-12-14(19-24-16)10-9-13-6-3-2-4-7-13/h2-4,6-7,15-16H,5,8-12H2,1H3/t15-,16?/m0/s1. The van der Waals surface area contributed by atoms with Gasteiger partial charge in [0.2, 0.25) is 6.10 Å². The molecule has 1 amide bonds. The molecule has 0 spiro atoms. The smallest absolute Gasteiger partial charge is 0.328 e. The molecule has 1 saturated heterocycles. The minimum absolute atomic E-state index is 0.165. The molecule has 0 bridgehead atoms. The third kappa shape index (κ3) is 3.58. The monoisotopic (exact) mass is 330 g/mol. The summed E-state index contributed by atoms with van der Waals surface area (Å²) in [7, 11) is 1.35. The fourth-order valence-electron chi connectivity index (χ4n) is 3.24. The molecule has 0 aliphatic carbocycles. The highest BCUT2D eigenvalue weighted by molar-refractivity contribution is 5.94. The lowest BCUT2D eigenvalue weighted by Gasteiger charge is -2.24. The Morgan fingerprint density at radius 2 is 2.08 bits per heavy atom. The molecule has 1 unspecified atom stereocenters. The zero-order valence-corrected chi connectivity index (χ0v) is 13.8. The van der Waals surface area contributed by atoms with E-state index in [1.165, 1.54) is 12.7 Å². The lowest BCUT2D eigenvalue weighted by atomic mass is 10.0. The molecule has 2 aliphatic rings. The molecule has 2 heterocycles. The van der Waals surface area contributed by atoms with Crippen LogP contribution in [0, 0.1) is 0 Å². The van der Waals surface area contributed by atoms with Gasteiger partial charge in [-0.2, -0.15) is 0 Å². The summed E-state index contributed by atoms with van der Waals surface area (Å²) in [5.74, 6) is -0.523. The molecule has 0 saturated carbocycles. The number of benzene rings is 1. The van der Waals surface area contributed by atoms with E-state index >= 15 is 0 Å². The molecule has 1 aromatic rings. The van der Waals surface area contributed by atoms with E-state index in [0.717, 1.165) is 25.0 Å². The van der Waals surface area contributed by atoms with Gasteiger partial charge < -0.3 is 14.5 Å². The number of oxime groups is 1. The van der Waals surface area contributed by atoms with Crippen molar-refractivity contribution in [3.05, 3.63) is 35.9 Å². The molecule has 2 aliphatic heterocycles. The normalized spacial score (nSPS) is 22.9. The molecule has 0 radical (unpaired) electrons. The molecular weight excluding hydrogens is 308 g/mol. The fraction of sp³-hybridized carbons (Fsp3) is 0.500. The van der Waals surface area contributed by atoms with E-state index in [1.54, 1.807) is 4.90 Å². The van der Waals surface area contributed by atoms with E-state index in [-0.39, 0.29) is 11.9 Å². The van der Waals surface area contributed by atoms with Gasteiger partial charge in [-0.25, -0.2) is 4.79 Å². The van der Waals surface area contributed by atoms with Crippen molar-refractivity contribution in [3.8, 4) is 0 Å². The summed E-state index contributed by atoms with van der Waals surface area (Å²) in [6, 6.07) is 9.67. The van der Waals surface area contributed by atoms with Gasteiger partial charge in [0, 0.05) is 13.0 Å². The van der Waals surface area contributed by atoms with Crippen molar-refractivity contribution in [1.82, 2.24) is 4.90 Å². The number of rotatable bonds is 5. The summed E-state index contributed by atoms with van der Waals surface area (Å²) in [5.41, 5.74) is 2.13. The highest BCUT2D eigenvalue weighted by atomic mass is 16.6. The Morgan fingerprint density at radius 1 is 1.29 bits per heavy atom. The van der Waals surface area contributed by atoms with E-state index in [9.17, 15) is 9.59 Å². The summed E-state index contributed by atoms with van der Waals surface area (Å²) >= 11 is 0. The maximum absolute atomic E-state index is 12.6. The predicted molar refractivity (Wildman–Crippen MR) is 88.4 cm³/mol. The molecule has 0 N–H and O–H groups in total. The molecular formula is C18H22N2O4. The maximum atomic E-state index is 12.6. The van der Waals surface area contributed by atoms with Gasteiger partial charge in [-0.05, 0) is 31.2 Å². The fourth-order valence-corrected chi connectivity index (χ4v) is 3.24. The number of ether oxygens (including phenoxy) is 1. The molecule has 0 aromatic heterocycles. The third-order valence-corrected chi connectivity index (χ3v) is 4.56. The lowest BCUT2D eigenvalue weighted by molar-refractivity contribution is -0.155. The number of likely N-dealkylation sites (tertiary alicyclic amines) is 1. The third-order valence-electron chi connectivity index (χ3n) is 4.56. The van der Waals surface area contributed by atoms with Crippen molar-refractivity contribution in [2.24, 2.45) is 5.16 Å². The highest BCUT2D eigenvalue weighted by Gasteiger charge is 2.40. The van der Waals surface area contributed by atoms with Crippen LogP contribution in [0.5, 0.6) is 0 Å². The van der Waals surface area contributed by atoms with E-state index in [0.29, 0.717) is 19.4 Å². The Balaban J connectivity index is 1.52. The van der Waals surface area contributed by atoms with E-state index in [2.05, 4.69) is 17.3 Å². The van der Waals surface area contributed by atoms with Crippen LogP contribution in [0.3, 0.4) is 0 Å². The number of hydrogen-bond donors (Lipinski definition) is 0. The van der Waals surface area contributed by atoms with Gasteiger partial charge in [0.1, 0.15) is 6.04 Å². The Labute approximate surface area is 141 Å². The van der Waals surface area contributed by atoms with E-state index in [1.807, 2.05) is 18.2 Å². The first-order valence-corrected chi connectivity index (χ1v) is 8.33. The van der Waals surface area contributed by atoms with Crippen molar-refractivity contribution in [2.45, 2.75) is 44.2 Å². The number of carbonyl (C=O) groups excluding carboxylic acids is 2. The number of amides is 1. The average Bonchev–Trinajstić information content (AvgIpc) is 3.29. The van der Waals surface area contributed by atoms with Crippen LogP contribution < -0.4 is 0 Å². The van der Waals surface area contributed by atoms with Gasteiger partial charge in [-0.15, -0.1) is 0 Å². The number of nitrogens with zero attached hydrogens (tertiary/aromatic N) is 2. The minimum atomic E-state index is -0.610. The van der Waals surface area contributed by atoms with Crippen LogP contribution in [0.4, 0.5) is 0 Å². The number of methoxy groups -OCH3 is 1. The SMILES string of the molecule is COC(=O)[C@@H]1CCCN1C(=O)C1CC(CCc2ccccc2)=NO1. The maximum Gasteiger partial charge on any atom is 0.328 e. The van der Waals surface area contributed by atoms with Crippen LogP contribution in [-0.2, 0) is 25.6 Å². The van der Waals surface area contributed by atoms with Crippen LogP contribution in [0.2, 0.25) is 0 Å². The van der Waals surface area contributed by atoms with Gasteiger partial charge in [0.25, 0.3) is 5.91 Å². The summed E-state index contributed by atoms with van der Waals surface area (Å²) in [6.45, 7) is 0.567. The van der Waals surface area contributed by atoms with Crippen molar-refractivity contribution in [3.63, 3.8) is 0 Å². The predicted octanol–water partition coefficient (Wildman–Crippen LogP) is 1.93. The van der Waals surface area contributed by atoms with Crippen molar-refractivity contribution in [2.75, 3.05) is 13.7 Å². The second-order valence-electron chi connectivity index (χ2n) is 6.15. The Bertz CT molecular complexity index is 629. The van der Waals surface area contributed by atoms with Crippen LogP contribution in [0.15, 0.2) is 35.5 Å². The van der Waals surface area contributed by atoms with E-state index in [4.69, 9.17) is 9.57 Å². The molecule has 6 heteroatoms. The number of hydrogen-bond acceptors (Lipinski definition) is 5. The number of aryl methyl sites for hydroxylation is 1. The minimum Gasteiger partial charge on any atom is -0.467 e. The quantitative estimate of drug-likeness (QED) is 0.774. The Kier molecular flexibility index (Phi) is 5.13. The Morgan fingerprint density at radius 3 is 2.83 bits per heavy atom. The lowest BCUT2D eigenvalue weighted by Crippen LogP contribution is -2.46. The molecule has 6 nitrogen and oxygen atoms in total. The van der Waals surface area contributed by atoms with Gasteiger partial charge in [-0.3, -0.25) is 4.79 Å². The molecule has 2 atom stereocenters. The van der Waals surface area contributed by atoms with Gasteiger partial charge >= 0.3 is 5.97 Å². The van der Waals surface area contributed by atoms with Crippen LogP contribution in [0.25, 0.3) is 0 Å². The second kappa shape index (κ2) is 7.47. The number of carbonyl (C=O) groups is 2. The average molecular weight is 330 g/mol. The van der Waals surface area contributed by atoms with Gasteiger partial charge in [0.15, 0.2) is 0 Å². The molecule has 128 valence electrons. The van der Waals surface area contributed by atoms with Crippen LogP contribution in [0.1, 0.15) is 31.2 Å². The van der Waals surface area contributed by atoms with Crippen LogP contribution in [-0.4, -0.2) is 48.3 Å². The van der Waals surface area contributed by atoms with E-state index < -0.39 is 12.1 Å². The van der Waals surface area contributed by atoms with Gasteiger partial charge in [-0.1, -0.05) is 35.5 Å². The highest BCUT2D eigenvalue weighted by Crippen LogP contribution is 2.23. The zero-order valence-electron chi connectivity index (χ0n) is 13.8.